The Morgan fingerprint density at radius 3 is 1.33 bits per heavy atom. The molecule has 13 atom stereocenters. The predicted octanol–water partition coefficient (Wildman–Crippen LogP) is 6.47. The van der Waals surface area contributed by atoms with Crippen LogP contribution in [0.5, 0.6) is 0 Å². The molecule has 21 heteroatoms. The highest BCUT2D eigenvalue weighted by atomic mass is 16.3. The number of ketones is 3. The minimum absolute atomic E-state index is 0.0698. The zero-order valence-corrected chi connectivity index (χ0v) is 59.7. The number of hydrogen-bond acceptors (Lipinski definition) is 13. The Labute approximate surface area is 536 Å². The lowest BCUT2D eigenvalue weighted by atomic mass is 9.84. The normalized spacial score (nSPS) is 27.4. The maximum Gasteiger partial charge on any atom is 0.246 e. The molecule has 0 unspecified atom stereocenters. The highest BCUT2D eigenvalue weighted by Gasteiger charge is 2.46. The topological polar surface area (TPSA) is 246 Å². The minimum Gasteiger partial charge on any atom is -0.390 e. The number of carbonyl (C=O) groups excluding carboxylic acids is 11. The zero-order chi connectivity index (χ0) is 69.1. The van der Waals surface area contributed by atoms with Gasteiger partial charge in [-0.25, -0.2) is 0 Å². The molecule has 1 aliphatic rings. The van der Waals surface area contributed by atoms with Gasteiger partial charge in [-0.3, -0.25) is 52.7 Å². The molecule has 0 aromatic heterocycles. The molecule has 0 aromatic rings. The van der Waals surface area contributed by atoms with Crippen LogP contribution < -0.4 is 5.32 Å². The van der Waals surface area contributed by atoms with Gasteiger partial charge in [0.05, 0.1) is 18.2 Å². The van der Waals surface area contributed by atoms with Gasteiger partial charge in [-0.2, -0.15) is 0 Å². The molecule has 0 saturated carbocycles. The average Bonchev–Trinajstić information content (AvgIpc) is 0.936. The molecule has 0 bridgehead atoms. The van der Waals surface area contributed by atoms with Crippen molar-refractivity contribution in [2.45, 2.75) is 230 Å². The van der Waals surface area contributed by atoms with Crippen LogP contribution in [0.25, 0.3) is 0 Å². The zero-order valence-electron chi connectivity index (χ0n) is 59.7. The van der Waals surface area contributed by atoms with Crippen LogP contribution in [0.2, 0.25) is 0 Å². The van der Waals surface area contributed by atoms with Crippen molar-refractivity contribution in [2.75, 3.05) is 70.0 Å². The first-order chi connectivity index (χ1) is 41.0. The first-order valence-electron chi connectivity index (χ1n) is 32.7. The standard InChI is InChI=1S/C68H121N9O12/c1-27-49-37-57(80)59(60(81)45(14)30-28-29-31-70(18)19)77(26)68(89)58(44(12)13)76(25)67(88)54(35-42(8)9)75(24)66(87)53(34-41(6)7)74(23)62(83)47(16)69-61(82)46(15)36-55(78)51(32-39(2)3)73(22)65(86)50(43(10)11)38-56(79)52(33-40(4)5)72(21)63(84)48(17)71(20)64(49)85/h28-29,39-54,58-60,81H,27,30-38H2,1-26H3,(H,69,82)/b29-28+/t45-,46+,47+,48-,49+,50-,51-,52+,53-,54-,58-,59+,60-/m1/s1. The summed E-state index contributed by atoms with van der Waals surface area (Å²) in [7, 11) is 14.1. The Kier molecular flexibility index (Phi) is 33.9. The summed E-state index contributed by atoms with van der Waals surface area (Å²) in [5, 5.41) is 15.1. The van der Waals surface area contributed by atoms with Crippen molar-refractivity contribution in [1.29, 1.82) is 0 Å². The van der Waals surface area contributed by atoms with Crippen molar-refractivity contribution in [3.63, 3.8) is 0 Å². The molecule has 1 rings (SSSR count). The Balaban J connectivity index is 4.40. The van der Waals surface area contributed by atoms with Gasteiger partial charge in [-0.15, -0.1) is 0 Å². The van der Waals surface area contributed by atoms with Crippen molar-refractivity contribution in [3.8, 4) is 0 Å². The summed E-state index contributed by atoms with van der Waals surface area (Å²) in [6.07, 6.45) is 2.67. The van der Waals surface area contributed by atoms with E-state index in [1.54, 1.807) is 34.6 Å². The first kappa shape index (κ1) is 81.4. The molecule has 0 aliphatic carbocycles. The number of carbonyl (C=O) groups is 11. The van der Waals surface area contributed by atoms with E-state index in [1.807, 2.05) is 100 Å². The smallest absolute Gasteiger partial charge is 0.246 e. The third-order valence-corrected chi connectivity index (χ3v) is 18.0. The number of allylic oxidation sites excluding steroid dienone is 1. The van der Waals surface area contributed by atoms with Crippen LogP contribution in [0.3, 0.4) is 0 Å². The van der Waals surface area contributed by atoms with Gasteiger partial charge in [0.25, 0.3) is 0 Å². The highest BCUT2D eigenvalue weighted by molar-refractivity contribution is 6.00. The molecular weight excluding hydrogens is 1130 g/mol. The Bertz CT molecular complexity index is 2420. The molecule has 0 aromatic carbocycles. The monoisotopic (exact) mass is 1260 g/mol. The molecule has 21 nitrogen and oxygen atoms in total. The second kappa shape index (κ2) is 37.1. The summed E-state index contributed by atoms with van der Waals surface area (Å²) < 4.78 is 0. The van der Waals surface area contributed by atoms with Crippen molar-refractivity contribution >= 4 is 64.6 Å². The van der Waals surface area contributed by atoms with Crippen LogP contribution in [-0.4, -0.2) is 233 Å². The van der Waals surface area contributed by atoms with Crippen molar-refractivity contribution < 1.29 is 57.8 Å². The van der Waals surface area contributed by atoms with E-state index in [0.717, 1.165) is 0 Å². The largest absolute Gasteiger partial charge is 0.390 e. The molecule has 0 spiro atoms. The lowest BCUT2D eigenvalue weighted by Gasteiger charge is -2.41. The van der Waals surface area contributed by atoms with Gasteiger partial charge in [-0.05, 0) is 108 Å². The van der Waals surface area contributed by atoms with Gasteiger partial charge < -0.3 is 49.6 Å². The van der Waals surface area contributed by atoms with Gasteiger partial charge in [-0.1, -0.05) is 116 Å². The fraction of sp³-hybridized carbons (Fsp3) is 0.809. The fourth-order valence-electron chi connectivity index (χ4n) is 12.0. The van der Waals surface area contributed by atoms with E-state index in [-0.39, 0.29) is 80.3 Å². The fourth-order valence-corrected chi connectivity index (χ4v) is 12.0. The molecular formula is C68H121N9O12. The number of nitrogens with one attached hydrogen (secondary N) is 1. The van der Waals surface area contributed by atoms with Crippen LogP contribution in [0.15, 0.2) is 12.2 Å². The number of amides is 8. The minimum atomic E-state index is -1.51. The molecule has 1 heterocycles. The Morgan fingerprint density at radius 1 is 0.472 bits per heavy atom. The van der Waals surface area contributed by atoms with Crippen molar-refractivity contribution in [3.05, 3.63) is 12.2 Å². The van der Waals surface area contributed by atoms with Gasteiger partial charge in [0, 0.05) is 92.9 Å². The maximum atomic E-state index is 15.3. The molecule has 8 amide bonds. The van der Waals surface area contributed by atoms with Crippen LogP contribution in [0, 0.1) is 59.2 Å². The molecule has 89 heavy (non-hydrogen) atoms. The second-order valence-electron chi connectivity index (χ2n) is 28.6. The first-order valence-corrected chi connectivity index (χ1v) is 32.7. The van der Waals surface area contributed by atoms with E-state index >= 15 is 19.2 Å². The van der Waals surface area contributed by atoms with Crippen molar-refractivity contribution in [2.24, 2.45) is 59.2 Å². The lowest BCUT2D eigenvalue weighted by Crippen LogP contribution is -2.61. The van der Waals surface area contributed by atoms with Gasteiger partial charge in [0.15, 0.2) is 17.3 Å². The van der Waals surface area contributed by atoms with Crippen molar-refractivity contribution in [1.82, 2.24) is 44.5 Å². The molecule has 2 N–H and O–H groups in total. The van der Waals surface area contributed by atoms with Gasteiger partial charge in [0.1, 0.15) is 36.3 Å². The number of nitrogens with zero attached hydrogens (tertiary/aromatic N) is 8. The second-order valence-corrected chi connectivity index (χ2v) is 28.6. The van der Waals surface area contributed by atoms with E-state index in [9.17, 15) is 38.7 Å². The SMILES string of the molecule is CC[C@H]1CC(=O)[C@@H]([C@H](O)[C@H](C)C/C=C/CN(C)C)N(C)C(=O)[C@@H](C(C)C)N(C)C(=O)[C@@H](CC(C)C)N(C)C(=O)[C@@H](CC(C)C)N(C)C(=O)[C@H](C)NC(=O)[C@@H](C)CC(=O)[C@@H](CC(C)C)N(C)C(=O)[C@@H](C(C)C)CC(=O)[C@H](CC(C)C)N(C)C(=O)[C@@H](C)N(C)C1=O. The van der Waals surface area contributed by atoms with E-state index in [0.29, 0.717) is 13.0 Å². The van der Waals surface area contributed by atoms with Crippen LogP contribution in [0.1, 0.15) is 175 Å². The van der Waals surface area contributed by atoms with E-state index in [4.69, 9.17) is 0 Å². The Morgan fingerprint density at radius 2 is 0.888 bits per heavy atom. The molecule has 1 aliphatic heterocycles. The van der Waals surface area contributed by atoms with Crippen LogP contribution in [0.4, 0.5) is 0 Å². The predicted molar refractivity (Wildman–Crippen MR) is 349 cm³/mol. The number of likely N-dealkylation sites (N-methyl/N-ethyl adjacent to an activating group) is 8. The average molecular weight is 1260 g/mol. The van der Waals surface area contributed by atoms with Crippen LogP contribution >= 0.6 is 0 Å². The molecule has 0 radical (unpaired) electrons. The third-order valence-electron chi connectivity index (χ3n) is 18.0. The van der Waals surface area contributed by atoms with Crippen LogP contribution in [-0.2, 0) is 52.7 Å². The summed E-state index contributed by atoms with van der Waals surface area (Å²) >= 11 is 0. The molecule has 1 fully saturated rings. The highest BCUT2D eigenvalue weighted by Crippen LogP contribution is 2.30. The summed E-state index contributed by atoms with van der Waals surface area (Å²) in [4.78, 5) is 173. The number of Topliss-reactive ketones (excluding diaryl/α,β-unsaturated/α-hetero) is 3. The lowest BCUT2D eigenvalue weighted by molar-refractivity contribution is -0.157. The molecule has 1 saturated heterocycles. The number of hydrogen-bond donors (Lipinski definition) is 2. The maximum absolute atomic E-state index is 15.3. The number of rotatable bonds is 17. The summed E-state index contributed by atoms with van der Waals surface area (Å²) in [5.41, 5.74) is 0. The summed E-state index contributed by atoms with van der Waals surface area (Å²) in [6.45, 7) is 31.0. The van der Waals surface area contributed by atoms with Gasteiger partial charge >= 0.3 is 0 Å². The quantitative estimate of drug-likeness (QED) is 0.149. The van der Waals surface area contributed by atoms with E-state index in [1.165, 1.54) is 97.5 Å². The third kappa shape index (κ3) is 23.3. The van der Waals surface area contributed by atoms with E-state index < -0.39 is 149 Å². The summed E-state index contributed by atoms with van der Waals surface area (Å²) in [6, 6.07) is -9.31. The molecule has 510 valence electrons. The summed E-state index contributed by atoms with van der Waals surface area (Å²) in [5.74, 6) is -10.9. The van der Waals surface area contributed by atoms with Gasteiger partial charge in [0.2, 0.25) is 47.3 Å². The van der Waals surface area contributed by atoms with E-state index in [2.05, 4.69) is 5.32 Å². The number of aliphatic hydroxyl groups is 1. The Hall–Kier alpha value is -5.57. The number of aliphatic hydroxyl groups excluding tert-OH is 1.